The number of amides is 3. The summed E-state index contributed by atoms with van der Waals surface area (Å²) in [6.45, 7) is 2.78. The highest BCUT2D eigenvalue weighted by Crippen LogP contribution is 2.28. The molecule has 7 nitrogen and oxygen atoms in total. The number of carbonyl (C=O) groups is 2. The van der Waals surface area contributed by atoms with Crippen molar-refractivity contribution in [3.05, 3.63) is 29.8 Å². The lowest BCUT2D eigenvalue weighted by molar-refractivity contribution is 0.183. The van der Waals surface area contributed by atoms with Crippen LogP contribution in [0.4, 0.5) is 15.3 Å². The van der Waals surface area contributed by atoms with Gasteiger partial charge in [0.05, 0.1) is 0 Å². The topological polar surface area (TPSA) is 93.7 Å². The summed E-state index contributed by atoms with van der Waals surface area (Å²) in [5.74, 6) is 0.888. The van der Waals surface area contributed by atoms with Gasteiger partial charge in [0.15, 0.2) is 0 Å². The lowest BCUT2D eigenvalue weighted by atomic mass is 10.0. The number of carbonyl (C=O) groups excluding carboxylic acids is 1. The molecule has 0 aromatic heterocycles. The summed E-state index contributed by atoms with van der Waals surface area (Å²) in [6, 6.07) is 8.59. The van der Waals surface area contributed by atoms with E-state index in [-0.39, 0.29) is 6.03 Å². The summed E-state index contributed by atoms with van der Waals surface area (Å²) >= 11 is 0. The van der Waals surface area contributed by atoms with Crippen molar-refractivity contribution >= 4 is 17.8 Å². The van der Waals surface area contributed by atoms with Gasteiger partial charge in [-0.2, -0.15) is 0 Å². The van der Waals surface area contributed by atoms with Crippen LogP contribution in [0, 0.1) is 5.92 Å². The van der Waals surface area contributed by atoms with E-state index in [4.69, 9.17) is 5.11 Å². The first-order chi connectivity index (χ1) is 14.6. The van der Waals surface area contributed by atoms with Gasteiger partial charge in [0.25, 0.3) is 0 Å². The molecule has 0 bridgehead atoms. The minimum absolute atomic E-state index is 0.0826. The minimum Gasteiger partial charge on any atom is -0.465 e. The molecule has 1 heterocycles. The smallest absolute Gasteiger partial charge is 0.404 e. The molecular weight excluding hydrogens is 380 g/mol. The summed E-state index contributed by atoms with van der Waals surface area (Å²) in [5.41, 5.74) is 2.17. The Morgan fingerprint density at radius 1 is 0.967 bits per heavy atom. The number of rotatable bonds is 9. The van der Waals surface area contributed by atoms with Crippen LogP contribution in [0.1, 0.15) is 56.9 Å². The fraction of sp³-hybridized carbons (Fsp3) is 0.652. The number of benzene rings is 1. The van der Waals surface area contributed by atoms with Gasteiger partial charge in [0.2, 0.25) is 0 Å². The van der Waals surface area contributed by atoms with E-state index in [2.05, 4.69) is 16.0 Å². The second-order valence-corrected chi connectivity index (χ2v) is 8.61. The molecule has 1 saturated carbocycles. The lowest BCUT2D eigenvalue weighted by Crippen LogP contribution is -2.47. The maximum atomic E-state index is 12.4. The Bertz CT molecular complexity index is 666. The van der Waals surface area contributed by atoms with E-state index in [9.17, 15) is 9.59 Å². The van der Waals surface area contributed by atoms with Crippen LogP contribution in [0.3, 0.4) is 0 Å². The van der Waals surface area contributed by atoms with Crippen molar-refractivity contribution in [2.24, 2.45) is 5.92 Å². The van der Waals surface area contributed by atoms with Crippen LogP contribution in [-0.4, -0.2) is 54.4 Å². The Kier molecular flexibility index (Phi) is 8.66. The molecule has 0 radical (unpaired) electrons. The van der Waals surface area contributed by atoms with Crippen molar-refractivity contribution in [1.82, 2.24) is 15.5 Å². The number of nitrogens with zero attached hydrogens (tertiary/aromatic N) is 1. The third-order valence-corrected chi connectivity index (χ3v) is 6.34. The molecule has 2 fully saturated rings. The number of piperidine rings is 1. The first-order valence-corrected chi connectivity index (χ1v) is 11.4. The van der Waals surface area contributed by atoms with E-state index in [1.54, 1.807) is 0 Å². The second kappa shape index (κ2) is 11.7. The monoisotopic (exact) mass is 416 g/mol. The van der Waals surface area contributed by atoms with Gasteiger partial charge >= 0.3 is 12.1 Å². The zero-order valence-corrected chi connectivity index (χ0v) is 17.9. The van der Waals surface area contributed by atoms with Gasteiger partial charge in [0.1, 0.15) is 0 Å². The molecule has 0 atom stereocenters. The van der Waals surface area contributed by atoms with Gasteiger partial charge in [-0.3, -0.25) is 0 Å². The number of anilines is 1. The number of likely N-dealkylation sites (tertiary alicyclic amines) is 1. The number of nitrogens with one attached hydrogen (secondary N) is 3. The van der Waals surface area contributed by atoms with E-state index in [1.165, 1.54) is 32.1 Å². The molecule has 30 heavy (non-hydrogen) atoms. The molecular formula is C23H36N4O3. The molecule has 3 amide bonds. The van der Waals surface area contributed by atoms with Gasteiger partial charge in [-0.25, -0.2) is 9.59 Å². The molecule has 1 aromatic rings. The number of hydrogen-bond donors (Lipinski definition) is 4. The van der Waals surface area contributed by atoms with Gasteiger partial charge < -0.3 is 26.0 Å². The molecule has 166 valence electrons. The van der Waals surface area contributed by atoms with Gasteiger partial charge in [-0.1, -0.05) is 37.8 Å². The van der Waals surface area contributed by atoms with Crippen LogP contribution in [-0.2, 0) is 6.42 Å². The summed E-state index contributed by atoms with van der Waals surface area (Å²) in [7, 11) is 0. The zero-order chi connectivity index (χ0) is 21.2. The highest BCUT2D eigenvalue weighted by Gasteiger charge is 2.22. The maximum absolute atomic E-state index is 12.4. The average molecular weight is 417 g/mol. The van der Waals surface area contributed by atoms with E-state index in [1.807, 2.05) is 29.2 Å². The molecule has 7 heteroatoms. The Balaban J connectivity index is 1.30. The van der Waals surface area contributed by atoms with E-state index in [0.29, 0.717) is 19.0 Å². The van der Waals surface area contributed by atoms with Crippen molar-refractivity contribution in [3.63, 3.8) is 0 Å². The van der Waals surface area contributed by atoms with E-state index < -0.39 is 6.09 Å². The normalized spacial score (nSPS) is 17.7. The molecule has 1 aliphatic carbocycles. The fourth-order valence-corrected chi connectivity index (χ4v) is 4.54. The van der Waals surface area contributed by atoms with Crippen LogP contribution >= 0.6 is 0 Å². The predicted octanol–water partition coefficient (Wildman–Crippen LogP) is 4.05. The summed E-state index contributed by atoms with van der Waals surface area (Å²) in [5, 5.41) is 17.6. The third-order valence-electron chi connectivity index (χ3n) is 6.34. The minimum atomic E-state index is -0.989. The number of urea groups is 1. The van der Waals surface area contributed by atoms with Crippen molar-refractivity contribution in [2.45, 2.75) is 63.8 Å². The van der Waals surface area contributed by atoms with Crippen LogP contribution in [0.2, 0.25) is 0 Å². The number of hydrogen-bond acceptors (Lipinski definition) is 3. The summed E-state index contributed by atoms with van der Waals surface area (Å²) in [6.07, 6.45) is 9.44. The van der Waals surface area contributed by atoms with E-state index in [0.717, 1.165) is 56.1 Å². The van der Waals surface area contributed by atoms with Crippen LogP contribution in [0.15, 0.2) is 24.3 Å². The standard InChI is InChI=1S/C23H36N4O3/c28-22(24-14-3-6-18-4-1-2-5-18)27-16-12-21(13-17-27)26-20-9-7-19(8-10-20)11-15-25-23(29)30/h7-10,18,21,25-26H,1-6,11-17H2,(H,24,28)(H,29,30). The van der Waals surface area contributed by atoms with Crippen molar-refractivity contribution < 1.29 is 14.7 Å². The van der Waals surface area contributed by atoms with Crippen LogP contribution < -0.4 is 16.0 Å². The first kappa shape index (κ1) is 22.2. The molecule has 2 aliphatic rings. The maximum Gasteiger partial charge on any atom is 0.404 e. The Morgan fingerprint density at radius 2 is 1.67 bits per heavy atom. The molecule has 3 rings (SSSR count). The van der Waals surface area contributed by atoms with Crippen molar-refractivity contribution in [3.8, 4) is 0 Å². The van der Waals surface area contributed by atoms with Crippen molar-refractivity contribution in [2.75, 3.05) is 31.5 Å². The second-order valence-electron chi connectivity index (χ2n) is 8.61. The quantitative estimate of drug-likeness (QED) is 0.457. The highest BCUT2D eigenvalue weighted by atomic mass is 16.4. The van der Waals surface area contributed by atoms with Crippen molar-refractivity contribution in [1.29, 1.82) is 0 Å². The Morgan fingerprint density at radius 3 is 2.33 bits per heavy atom. The van der Waals surface area contributed by atoms with Crippen LogP contribution in [0.25, 0.3) is 0 Å². The molecule has 0 unspecified atom stereocenters. The highest BCUT2D eigenvalue weighted by molar-refractivity contribution is 5.74. The van der Waals surface area contributed by atoms with Gasteiger partial charge in [-0.05, 0) is 55.7 Å². The SMILES string of the molecule is O=C(O)NCCc1ccc(NC2CCN(C(=O)NCCCC3CCCC3)CC2)cc1. The molecule has 1 saturated heterocycles. The molecule has 0 spiro atoms. The largest absolute Gasteiger partial charge is 0.465 e. The fourth-order valence-electron chi connectivity index (χ4n) is 4.54. The average Bonchev–Trinajstić information content (AvgIpc) is 3.26. The van der Waals surface area contributed by atoms with Gasteiger partial charge in [-0.15, -0.1) is 0 Å². The molecule has 1 aliphatic heterocycles. The number of carboxylic acid groups (broad SMARTS) is 1. The predicted molar refractivity (Wildman–Crippen MR) is 119 cm³/mol. The summed E-state index contributed by atoms with van der Waals surface area (Å²) in [4.78, 5) is 24.8. The van der Waals surface area contributed by atoms with Crippen LogP contribution in [0.5, 0.6) is 0 Å². The van der Waals surface area contributed by atoms with E-state index >= 15 is 0 Å². The summed E-state index contributed by atoms with van der Waals surface area (Å²) < 4.78 is 0. The molecule has 4 N–H and O–H groups in total. The Hall–Kier alpha value is -2.44. The van der Waals surface area contributed by atoms with Gasteiger partial charge in [0, 0.05) is 37.9 Å². The lowest BCUT2D eigenvalue weighted by Gasteiger charge is -2.33. The first-order valence-electron chi connectivity index (χ1n) is 11.4. The molecule has 1 aromatic carbocycles. The zero-order valence-electron chi connectivity index (χ0n) is 17.9. The Labute approximate surface area is 179 Å². The third kappa shape index (κ3) is 7.43.